The SMILES string of the molecule is CC(C)(C)OC(=O)N1CC=C(c2cnc3c(Nc4ccc(S(C)(=O)=O)c(F)c4)cncn23)CC1. The van der Waals surface area contributed by atoms with Crippen LogP contribution in [0.5, 0.6) is 0 Å². The molecule has 0 saturated carbocycles. The molecule has 3 heterocycles. The summed E-state index contributed by atoms with van der Waals surface area (Å²) in [6.07, 6.45) is 8.14. The zero-order valence-corrected chi connectivity index (χ0v) is 20.2. The van der Waals surface area contributed by atoms with Crippen LogP contribution in [0.2, 0.25) is 0 Å². The minimum Gasteiger partial charge on any atom is -0.444 e. The van der Waals surface area contributed by atoms with Crippen LogP contribution in [-0.4, -0.2) is 58.7 Å². The lowest BCUT2D eigenvalue weighted by atomic mass is 10.1. The van der Waals surface area contributed by atoms with Gasteiger partial charge in [0.25, 0.3) is 0 Å². The van der Waals surface area contributed by atoms with Gasteiger partial charge in [-0.25, -0.2) is 27.6 Å². The van der Waals surface area contributed by atoms with Gasteiger partial charge in [-0.1, -0.05) is 6.08 Å². The van der Waals surface area contributed by atoms with Gasteiger partial charge >= 0.3 is 6.09 Å². The summed E-state index contributed by atoms with van der Waals surface area (Å²) in [7, 11) is -3.66. The Morgan fingerprint density at radius 2 is 2.00 bits per heavy atom. The largest absolute Gasteiger partial charge is 0.444 e. The van der Waals surface area contributed by atoms with Crippen LogP contribution >= 0.6 is 0 Å². The number of amides is 1. The van der Waals surface area contributed by atoms with E-state index in [-0.39, 0.29) is 11.0 Å². The summed E-state index contributed by atoms with van der Waals surface area (Å²) >= 11 is 0. The average Bonchev–Trinajstić information content (AvgIpc) is 3.17. The van der Waals surface area contributed by atoms with Crippen molar-refractivity contribution >= 4 is 38.5 Å². The van der Waals surface area contributed by atoms with Crippen molar-refractivity contribution in [3.05, 3.63) is 54.5 Å². The fourth-order valence-electron chi connectivity index (χ4n) is 3.66. The number of fused-ring (bicyclic) bond motifs is 1. The van der Waals surface area contributed by atoms with Crippen molar-refractivity contribution in [3.8, 4) is 0 Å². The number of hydrogen-bond donors (Lipinski definition) is 1. The van der Waals surface area contributed by atoms with Crippen LogP contribution in [0.15, 0.2) is 47.9 Å². The van der Waals surface area contributed by atoms with Gasteiger partial charge < -0.3 is 15.0 Å². The number of rotatable bonds is 4. The van der Waals surface area contributed by atoms with Crippen LogP contribution in [0.25, 0.3) is 11.2 Å². The Balaban J connectivity index is 1.56. The number of hydrogen-bond acceptors (Lipinski definition) is 7. The molecule has 0 atom stereocenters. The highest BCUT2D eigenvalue weighted by molar-refractivity contribution is 7.90. The minimum absolute atomic E-state index is 0.344. The number of aromatic nitrogens is 3. The van der Waals surface area contributed by atoms with Crippen LogP contribution < -0.4 is 5.32 Å². The topological polar surface area (TPSA) is 106 Å². The minimum atomic E-state index is -3.66. The molecule has 0 aliphatic carbocycles. The van der Waals surface area contributed by atoms with Crippen LogP contribution in [0.1, 0.15) is 32.9 Å². The summed E-state index contributed by atoms with van der Waals surface area (Å²) in [5, 5.41) is 3.06. The summed E-state index contributed by atoms with van der Waals surface area (Å²) in [5.74, 6) is -0.835. The molecule has 1 amide bonds. The predicted molar refractivity (Wildman–Crippen MR) is 126 cm³/mol. The molecule has 9 nitrogen and oxygen atoms in total. The van der Waals surface area contributed by atoms with Crippen molar-refractivity contribution in [1.82, 2.24) is 19.3 Å². The first-order valence-corrected chi connectivity index (χ1v) is 12.6. The predicted octanol–water partition coefficient (Wildman–Crippen LogP) is 4.04. The Morgan fingerprint density at radius 3 is 2.62 bits per heavy atom. The molecule has 3 aromatic rings. The van der Waals surface area contributed by atoms with Crippen molar-refractivity contribution in [2.24, 2.45) is 0 Å². The average molecular weight is 488 g/mol. The molecule has 0 saturated heterocycles. The molecule has 1 aromatic carbocycles. The number of nitrogens with zero attached hydrogens (tertiary/aromatic N) is 4. The lowest BCUT2D eigenvalue weighted by Gasteiger charge is -2.29. The second-order valence-corrected chi connectivity index (χ2v) is 11.1. The normalized spacial score (nSPS) is 14.7. The number of carbonyl (C=O) groups is 1. The summed E-state index contributed by atoms with van der Waals surface area (Å²) in [4.78, 5) is 22.4. The third-order valence-electron chi connectivity index (χ3n) is 5.22. The van der Waals surface area contributed by atoms with E-state index in [2.05, 4.69) is 15.3 Å². The first kappa shape index (κ1) is 23.7. The molecule has 0 bridgehead atoms. The van der Waals surface area contributed by atoms with E-state index in [9.17, 15) is 17.6 Å². The van der Waals surface area contributed by atoms with Gasteiger partial charge in [0.1, 0.15) is 28.3 Å². The molecule has 1 aliphatic heterocycles. The van der Waals surface area contributed by atoms with Crippen LogP contribution in [0.3, 0.4) is 0 Å². The van der Waals surface area contributed by atoms with Gasteiger partial charge in [-0.3, -0.25) is 4.40 Å². The summed E-state index contributed by atoms with van der Waals surface area (Å²) in [5.41, 5.74) is 2.80. The maximum absolute atomic E-state index is 14.3. The van der Waals surface area contributed by atoms with Gasteiger partial charge in [0.2, 0.25) is 0 Å². The number of carbonyl (C=O) groups excluding carboxylic acids is 1. The van der Waals surface area contributed by atoms with Gasteiger partial charge in [0, 0.05) is 25.0 Å². The quantitative estimate of drug-likeness (QED) is 0.592. The molecule has 180 valence electrons. The van der Waals surface area contributed by atoms with Crippen molar-refractivity contribution in [1.29, 1.82) is 0 Å². The maximum Gasteiger partial charge on any atom is 0.410 e. The number of sulfone groups is 1. The molecule has 34 heavy (non-hydrogen) atoms. The van der Waals surface area contributed by atoms with Crippen molar-refractivity contribution in [2.45, 2.75) is 37.7 Å². The lowest BCUT2D eigenvalue weighted by molar-refractivity contribution is 0.0270. The summed E-state index contributed by atoms with van der Waals surface area (Å²) in [6, 6.07) is 3.83. The molecule has 11 heteroatoms. The molecule has 0 radical (unpaired) electrons. The molecule has 0 spiro atoms. The molecule has 1 N–H and O–H groups in total. The van der Waals surface area contributed by atoms with Crippen LogP contribution in [0.4, 0.5) is 20.6 Å². The Hall–Kier alpha value is -3.47. The standard InChI is InChI=1S/C23H26FN5O4S/c1-23(2,3)33-22(30)28-9-7-15(8-10-28)19-13-26-21-18(12-25-14-29(19)21)27-16-5-6-20(17(24)11-16)34(4,31)32/h5-7,11-14,27H,8-10H2,1-4H3. The van der Waals surface area contributed by atoms with E-state index >= 15 is 0 Å². The highest BCUT2D eigenvalue weighted by atomic mass is 32.2. The maximum atomic E-state index is 14.3. The highest BCUT2D eigenvalue weighted by Gasteiger charge is 2.25. The lowest BCUT2D eigenvalue weighted by Crippen LogP contribution is -2.39. The van der Waals surface area contributed by atoms with E-state index in [0.717, 1.165) is 23.6 Å². The second kappa shape index (κ2) is 8.71. The van der Waals surface area contributed by atoms with Crippen molar-refractivity contribution in [2.75, 3.05) is 24.7 Å². The number of anilines is 2. The van der Waals surface area contributed by atoms with Gasteiger partial charge in [-0.05, 0) is 51.0 Å². The van der Waals surface area contributed by atoms with Crippen LogP contribution in [0, 0.1) is 5.82 Å². The third-order valence-corrected chi connectivity index (χ3v) is 6.35. The molecule has 4 rings (SSSR count). The second-order valence-electron chi connectivity index (χ2n) is 9.09. The van der Waals surface area contributed by atoms with E-state index in [0.29, 0.717) is 36.5 Å². The molecule has 0 unspecified atom stereocenters. The van der Waals surface area contributed by atoms with E-state index < -0.39 is 21.3 Å². The fraction of sp³-hybridized carbons (Fsp3) is 0.348. The monoisotopic (exact) mass is 487 g/mol. The Morgan fingerprint density at radius 1 is 1.24 bits per heavy atom. The first-order chi connectivity index (χ1) is 15.9. The summed E-state index contributed by atoms with van der Waals surface area (Å²) in [6.45, 7) is 6.45. The smallest absolute Gasteiger partial charge is 0.410 e. The number of halogens is 1. The van der Waals surface area contributed by atoms with E-state index in [1.807, 2.05) is 31.2 Å². The first-order valence-electron chi connectivity index (χ1n) is 10.7. The van der Waals surface area contributed by atoms with E-state index in [1.54, 1.807) is 23.6 Å². The van der Waals surface area contributed by atoms with E-state index in [4.69, 9.17) is 4.74 Å². The third kappa shape index (κ3) is 5.04. The zero-order chi connectivity index (χ0) is 24.7. The van der Waals surface area contributed by atoms with Crippen molar-refractivity contribution in [3.63, 3.8) is 0 Å². The van der Waals surface area contributed by atoms with Crippen molar-refractivity contribution < 1.29 is 22.3 Å². The zero-order valence-electron chi connectivity index (χ0n) is 19.4. The molecule has 0 fully saturated rings. The summed E-state index contributed by atoms with van der Waals surface area (Å²) < 4.78 is 44.9. The van der Waals surface area contributed by atoms with Gasteiger partial charge in [-0.2, -0.15) is 0 Å². The number of imidazole rings is 1. The number of ether oxygens (including phenoxy) is 1. The molecule has 2 aromatic heterocycles. The fourth-order valence-corrected chi connectivity index (χ4v) is 4.39. The Kier molecular flexibility index (Phi) is 6.07. The molecule has 1 aliphatic rings. The van der Waals surface area contributed by atoms with Gasteiger partial charge in [-0.15, -0.1) is 0 Å². The Labute approximate surface area is 197 Å². The van der Waals surface area contributed by atoms with Gasteiger partial charge in [0.05, 0.1) is 18.1 Å². The molecular weight excluding hydrogens is 461 g/mol. The van der Waals surface area contributed by atoms with Gasteiger partial charge in [0.15, 0.2) is 15.5 Å². The van der Waals surface area contributed by atoms with E-state index in [1.165, 1.54) is 12.1 Å². The number of benzene rings is 1. The van der Waals surface area contributed by atoms with Crippen LogP contribution in [-0.2, 0) is 14.6 Å². The number of nitrogens with one attached hydrogen (secondary N) is 1. The highest BCUT2D eigenvalue weighted by Crippen LogP contribution is 2.28. The Bertz CT molecular complexity index is 1390. The molecular formula is C23H26FN5O4S.